The minimum atomic E-state index is -1.06. The number of Topliss-reactive ketones (excluding diaryl/α,β-unsaturated/α-hetero) is 1. The van der Waals surface area contributed by atoms with E-state index in [1.807, 2.05) is 54.6 Å². The summed E-state index contributed by atoms with van der Waals surface area (Å²) < 4.78 is 11.0. The molecule has 3 aromatic carbocycles. The van der Waals surface area contributed by atoms with E-state index in [4.69, 9.17) is 14.5 Å². The Morgan fingerprint density at radius 1 is 0.897 bits per heavy atom. The number of fused-ring (bicyclic) bond motifs is 2. The van der Waals surface area contributed by atoms with Crippen LogP contribution < -0.4 is 14.4 Å². The Bertz CT molecular complexity index is 1430. The minimum absolute atomic E-state index is 0.0162. The lowest BCUT2D eigenvalue weighted by Gasteiger charge is -2.39. The van der Waals surface area contributed by atoms with E-state index in [1.54, 1.807) is 30.2 Å². The summed E-state index contributed by atoms with van der Waals surface area (Å²) in [4.78, 5) is 45.8. The number of aliphatic carboxylic acids is 1. The summed E-state index contributed by atoms with van der Waals surface area (Å²) in [5.41, 5.74) is 3.57. The lowest BCUT2D eigenvalue weighted by Crippen LogP contribution is -2.45. The van der Waals surface area contributed by atoms with Crippen LogP contribution in [0.5, 0.6) is 11.5 Å². The zero-order valence-electron chi connectivity index (χ0n) is 21.9. The third-order valence-corrected chi connectivity index (χ3v) is 7.45. The van der Waals surface area contributed by atoms with E-state index in [-0.39, 0.29) is 30.4 Å². The number of aliphatic imine (C=N–C) groups is 1. The number of para-hydroxylation sites is 2. The largest absolute Gasteiger partial charge is 0.493 e. The van der Waals surface area contributed by atoms with Crippen molar-refractivity contribution in [1.82, 2.24) is 0 Å². The molecule has 0 radical (unpaired) electrons. The average molecular weight is 527 g/mol. The van der Waals surface area contributed by atoms with Crippen molar-refractivity contribution < 1.29 is 29.0 Å². The van der Waals surface area contributed by atoms with Crippen molar-refractivity contribution in [3.8, 4) is 11.5 Å². The van der Waals surface area contributed by atoms with Crippen molar-refractivity contribution in [3.05, 3.63) is 83.9 Å². The molecule has 2 aliphatic rings. The van der Waals surface area contributed by atoms with E-state index in [1.165, 1.54) is 7.11 Å². The van der Waals surface area contributed by atoms with E-state index in [2.05, 4.69) is 0 Å². The molecule has 3 unspecified atom stereocenters. The summed E-state index contributed by atoms with van der Waals surface area (Å²) >= 11 is 0. The molecule has 3 aromatic rings. The zero-order chi connectivity index (χ0) is 27.5. The normalized spacial score (nSPS) is 20.3. The number of carbonyl (C=O) groups excluding carboxylic acids is 2. The molecule has 0 saturated heterocycles. The van der Waals surface area contributed by atoms with Crippen LogP contribution in [0.2, 0.25) is 0 Å². The van der Waals surface area contributed by atoms with Crippen molar-refractivity contribution in [2.45, 2.75) is 37.6 Å². The molecule has 5 rings (SSSR count). The highest BCUT2D eigenvalue weighted by Gasteiger charge is 2.46. The third-order valence-electron chi connectivity index (χ3n) is 7.45. The number of amides is 1. The van der Waals surface area contributed by atoms with Gasteiger partial charge in [-0.15, -0.1) is 0 Å². The Morgan fingerprint density at radius 3 is 2.33 bits per heavy atom. The number of carboxylic acids is 1. The van der Waals surface area contributed by atoms with Gasteiger partial charge in [0.1, 0.15) is 5.78 Å². The predicted octanol–water partition coefficient (Wildman–Crippen LogP) is 5.49. The lowest BCUT2D eigenvalue weighted by molar-refractivity contribution is -0.138. The van der Waals surface area contributed by atoms with Crippen LogP contribution in [0, 0.1) is 5.92 Å². The number of rotatable bonds is 7. The number of carbonyl (C=O) groups is 3. The van der Waals surface area contributed by atoms with Crippen LogP contribution in [0.3, 0.4) is 0 Å². The second-order valence-electron chi connectivity index (χ2n) is 9.77. The number of methoxy groups -OCH3 is 2. The highest BCUT2D eigenvalue weighted by molar-refractivity contribution is 6.13. The van der Waals surface area contributed by atoms with Crippen LogP contribution in [-0.4, -0.2) is 42.7 Å². The summed E-state index contributed by atoms with van der Waals surface area (Å²) in [5, 5.41) is 9.31. The number of hydrogen-bond donors (Lipinski definition) is 1. The first-order valence-corrected chi connectivity index (χ1v) is 12.9. The number of hydrogen-bond acceptors (Lipinski definition) is 6. The van der Waals surface area contributed by atoms with Crippen LogP contribution >= 0.6 is 0 Å². The Labute approximate surface area is 226 Å². The molecule has 1 heterocycles. The Hall–Kier alpha value is -4.46. The SMILES string of the molecule is COc1ccc(C2C3C(=O)CC(c4ccccc4)CC3=Nc3ccccc3N2C(=O)CCC(=O)O)cc1OC. The van der Waals surface area contributed by atoms with Gasteiger partial charge in [-0.25, -0.2) is 0 Å². The summed E-state index contributed by atoms with van der Waals surface area (Å²) in [6.45, 7) is 0. The predicted molar refractivity (Wildman–Crippen MR) is 147 cm³/mol. The van der Waals surface area contributed by atoms with Crippen LogP contribution in [0.1, 0.15) is 48.8 Å². The minimum Gasteiger partial charge on any atom is -0.493 e. The first kappa shape index (κ1) is 26.2. The average Bonchev–Trinajstić information content (AvgIpc) is 3.10. The van der Waals surface area contributed by atoms with Gasteiger partial charge in [-0.2, -0.15) is 0 Å². The molecule has 1 aliphatic heterocycles. The molecule has 0 spiro atoms. The molecule has 1 amide bonds. The molecule has 1 saturated carbocycles. The third kappa shape index (κ3) is 5.14. The lowest BCUT2D eigenvalue weighted by atomic mass is 9.72. The van der Waals surface area contributed by atoms with Gasteiger partial charge in [0.05, 0.1) is 44.0 Å². The maximum absolute atomic E-state index is 14.0. The van der Waals surface area contributed by atoms with Gasteiger partial charge in [0.15, 0.2) is 11.5 Å². The summed E-state index contributed by atoms with van der Waals surface area (Å²) in [6.07, 6.45) is 0.343. The molecule has 1 N–H and O–H groups in total. The highest BCUT2D eigenvalue weighted by Crippen LogP contribution is 2.48. The van der Waals surface area contributed by atoms with Crippen LogP contribution in [-0.2, 0) is 14.4 Å². The molecule has 1 aliphatic carbocycles. The topological polar surface area (TPSA) is 106 Å². The fourth-order valence-corrected chi connectivity index (χ4v) is 5.66. The molecule has 3 atom stereocenters. The maximum Gasteiger partial charge on any atom is 0.303 e. The molecular formula is C31H30N2O6. The van der Waals surface area contributed by atoms with Crippen molar-refractivity contribution in [2.24, 2.45) is 10.9 Å². The number of carboxylic acid groups (broad SMARTS) is 1. The molecule has 0 aromatic heterocycles. The van der Waals surface area contributed by atoms with Crippen molar-refractivity contribution in [3.63, 3.8) is 0 Å². The van der Waals surface area contributed by atoms with Gasteiger partial charge in [0.25, 0.3) is 0 Å². The van der Waals surface area contributed by atoms with E-state index in [0.29, 0.717) is 47.0 Å². The van der Waals surface area contributed by atoms with E-state index in [9.17, 15) is 19.5 Å². The number of anilines is 1. The second kappa shape index (κ2) is 11.1. The van der Waals surface area contributed by atoms with Gasteiger partial charge >= 0.3 is 5.97 Å². The molecule has 200 valence electrons. The number of nitrogens with zero attached hydrogens (tertiary/aromatic N) is 2. The Kier molecular flexibility index (Phi) is 7.45. The van der Waals surface area contributed by atoms with E-state index < -0.39 is 17.9 Å². The zero-order valence-corrected chi connectivity index (χ0v) is 21.9. The summed E-state index contributed by atoms with van der Waals surface area (Å²) in [5.74, 6) is -1.21. The summed E-state index contributed by atoms with van der Waals surface area (Å²) in [6, 6.07) is 21.8. The van der Waals surface area contributed by atoms with Crippen molar-refractivity contribution in [2.75, 3.05) is 19.1 Å². The summed E-state index contributed by atoms with van der Waals surface area (Å²) in [7, 11) is 3.07. The standard InChI is InChI=1S/C31H30N2O6/c1-38-26-13-12-20(18-27(26)39-2)31-30-23(16-21(17-25(30)34)19-8-4-3-5-9-19)32-22-10-6-7-11-24(22)33(31)28(35)14-15-29(36)37/h3-13,18,21,30-31H,14-17H2,1-2H3,(H,36,37). The second-order valence-corrected chi connectivity index (χ2v) is 9.77. The number of ketones is 1. The molecule has 0 bridgehead atoms. The van der Waals surface area contributed by atoms with Gasteiger partial charge in [-0.1, -0.05) is 48.5 Å². The fraction of sp³-hybridized carbons (Fsp3) is 0.290. The molecule has 1 fully saturated rings. The monoisotopic (exact) mass is 526 g/mol. The van der Waals surface area contributed by atoms with Gasteiger partial charge in [0, 0.05) is 18.6 Å². The maximum atomic E-state index is 14.0. The van der Waals surface area contributed by atoms with Gasteiger partial charge < -0.3 is 19.5 Å². The molecule has 39 heavy (non-hydrogen) atoms. The highest BCUT2D eigenvalue weighted by atomic mass is 16.5. The van der Waals surface area contributed by atoms with Crippen molar-refractivity contribution in [1.29, 1.82) is 0 Å². The quantitative estimate of drug-likeness (QED) is 0.436. The first-order chi connectivity index (χ1) is 18.9. The van der Waals surface area contributed by atoms with Crippen LogP contribution in [0.4, 0.5) is 11.4 Å². The van der Waals surface area contributed by atoms with Gasteiger partial charge in [0.2, 0.25) is 5.91 Å². The molecular weight excluding hydrogens is 496 g/mol. The Balaban J connectivity index is 1.68. The fourth-order valence-electron chi connectivity index (χ4n) is 5.66. The molecule has 8 heteroatoms. The van der Waals surface area contributed by atoms with Gasteiger partial charge in [-0.05, 0) is 47.7 Å². The molecule has 8 nitrogen and oxygen atoms in total. The van der Waals surface area contributed by atoms with E-state index >= 15 is 0 Å². The smallest absolute Gasteiger partial charge is 0.303 e. The Morgan fingerprint density at radius 2 is 1.62 bits per heavy atom. The van der Waals surface area contributed by atoms with E-state index in [0.717, 1.165) is 5.56 Å². The van der Waals surface area contributed by atoms with Gasteiger partial charge in [-0.3, -0.25) is 19.4 Å². The van der Waals surface area contributed by atoms with Crippen molar-refractivity contribution >= 4 is 34.7 Å². The van der Waals surface area contributed by atoms with Crippen LogP contribution in [0.15, 0.2) is 77.8 Å². The first-order valence-electron chi connectivity index (χ1n) is 12.9. The number of benzene rings is 3. The van der Waals surface area contributed by atoms with Crippen LogP contribution in [0.25, 0.3) is 0 Å². The number of ether oxygens (including phenoxy) is 2.